The topological polar surface area (TPSA) is 194 Å². The number of nitrogens with one attached hydrogen (secondary N) is 2. The monoisotopic (exact) mass is 812 g/mol. The van der Waals surface area contributed by atoms with Crippen molar-refractivity contribution in [2.75, 3.05) is 76.5 Å². The van der Waals surface area contributed by atoms with Gasteiger partial charge in [-0.2, -0.15) is 18.3 Å². The molecule has 0 radical (unpaired) electrons. The molecule has 302 valence electrons. The Balaban J connectivity index is 0.956. The number of pyridine rings is 1. The number of likely N-dealkylation sites (tertiary alicyclic amines) is 1. The van der Waals surface area contributed by atoms with Gasteiger partial charge in [-0.05, 0) is 30.3 Å². The van der Waals surface area contributed by atoms with E-state index in [0.29, 0.717) is 62.5 Å². The Labute approximate surface area is 330 Å². The lowest BCUT2D eigenvalue weighted by Crippen LogP contribution is -2.62. The summed E-state index contributed by atoms with van der Waals surface area (Å²) in [7, 11) is 1.39. The smallest absolute Gasteiger partial charge is 0.435 e. The van der Waals surface area contributed by atoms with Gasteiger partial charge >= 0.3 is 12.1 Å². The minimum Gasteiger partial charge on any atom is -0.477 e. The number of nitrogens with zero attached hydrogens (tertiary/aromatic N) is 8. The van der Waals surface area contributed by atoms with Crippen molar-refractivity contribution in [2.45, 2.75) is 19.0 Å². The van der Waals surface area contributed by atoms with Gasteiger partial charge in [0.05, 0.1) is 47.7 Å². The van der Waals surface area contributed by atoms with Crippen molar-refractivity contribution >= 4 is 46.8 Å². The number of anilines is 2. The summed E-state index contributed by atoms with van der Waals surface area (Å²) in [6.07, 6.45) is -1.32. The molecule has 0 aliphatic carbocycles. The zero-order chi connectivity index (χ0) is 40.6. The van der Waals surface area contributed by atoms with Gasteiger partial charge in [-0.15, -0.1) is 0 Å². The van der Waals surface area contributed by atoms with Crippen molar-refractivity contribution in [1.29, 1.82) is 0 Å². The largest absolute Gasteiger partial charge is 0.477 e. The molecule has 6 heterocycles. The highest BCUT2D eigenvalue weighted by Gasteiger charge is 2.42. The number of carboxylic acid groups (broad SMARTS) is 1. The number of piperazine rings is 1. The SMILES string of the molecule is Cn1c(-c2cn(-c3cccc(N)n3)nc2C(F)(F)F)cnc1C(=O)Nc1ccc(C(=O)N2CCN(C(=O)C3CC[N+](CC(=O)O)(CC4CNC4)CC3)CC2)c(Cl)c1. The number of rotatable bonds is 10. The number of aromatic nitrogens is 5. The van der Waals surface area contributed by atoms with Crippen LogP contribution in [0.5, 0.6) is 0 Å². The molecule has 0 atom stereocenters. The van der Waals surface area contributed by atoms with E-state index in [1.807, 2.05) is 0 Å². The lowest BCUT2D eigenvalue weighted by atomic mass is 9.90. The van der Waals surface area contributed by atoms with Crippen LogP contribution in [0.2, 0.25) is 5.02 Å². The summed E-state index contributed by atoms with van der Waals surface area (Å²) >= 11 is 6.54. The summed E-state index contributed by atoms with van der Waals surface area (Å²) < 4.78 is 44.9. The molecule has 3 aliphatic rings. The third-order valence-electron chi connectivity index (χ3n) is 11.0. The first-order valence-electron chi connectivity index (χ1n) is 18.5. The van der Waals surface area contributed by atoms with E-state index in [4.69, 9.17) is 17.3 Å². The average molecular weight is 813 g/mol. The van der Waals surface area contributed by atoms with Gasteiger partial charge in [0, 0.05) is 82.9 Å². The average Bonchev–Trinajstić information content (AvgIpc) is 3.77. The second-order valence-electron chi connectivity index (χ2n) is 14.9. The summed E-state index contributed by atoms with van der Waals surface area (Å²) in [4.78, 5) is 63.5. The van der Waals surface area contributed by atoms with Crippen LogP contribution in [-0.2, 0) is 22.8 Å². The van der Waals surface area contributed by atoms with E-state index in [1.54, 1.807) is 9.80 Å². The number of carboxylic acids is 1. The number of amides is 3. The van der Waals surface area contributed by atoms with Gasteiger partial charge in [-0.3, -0.25) is 14.4 Å². The van der Waals surface area contributed by atoms with E-state index in [-0.39, 0.29) is 69.3 Å². The molecule has 3 amide bonds. The molecule has 4 aromatic rings. The van der Waals surface area contributed by atoms with Crippen LogP contribution in [0.25, 0.3) is 17.1 Å². The molecule has 3 fully saturated rings. The number of quaternary nitrogens is 1. The molecule has 7 rings (SSSR count). The molecule has 0 bridgehead atoms. The number of hydrogen-bond donors (Lipinski definition) is 4. The molecule has 0 spiro atoms. The summed E-state index contributed by atoms with van der Waals surface area (Å²) in [5.41, 5.74) is 4.56. The fraction of sp³-hybridized carbons (Fsp3) is 0.432. The number of benzene rings is 1. The standard InChI is InChI=1S/C37H41ClF3N11O5/c1-48-28(26-19-51(47-32(26)37(39,40)41)30-4-2-3-29(42)46-30)18-44-33(48)34(55)45-24-5-6-25(27(38)15-24)36(57)50-11-9-49(10-12-50)35(56)23-7-13-52(14-8-23,21-31(53)54)20-22-16-43-17-22/h2-6,15,18-19,22-23,43H,7-14,16-17,20-21H2,1H3,(H3-,42,45,46,53,54,55,57)/p+1. The summed E-state index contributed by atoms with van der Waals surface area (Å²) in [6, 6.07) is 8.82. The minimum absolute atomic E-state index is 0.0312. The molecule has 5 N–H and O–H groups in total. The highest BCUT2D eigenvalue weighted by Crippen LogP contribution is 2.37. The molecular weight excluding hydrogens is 771 g/mol. The van der Waals surface area contributed by atoms with Crippen LogP contribution in [0.4, 0.5) is 24.7 Å². The van der Waals surface area contributed by atoms with Crippen LogP contribution >= 0.6 is 11.6 Å². The zero-order valence-corrected chi connectivity index (χ0v) is 31.8. The molecule has 0 saturated carbocycles. The van der Waals surface area contributed by atoms with Gasteiger partial charge in [0.25, 0.3) is 11.8 Å². The highest BCUT2D eigenvalue weighted by molar-refractivity contribution is 6.34. The molecule has 20 heteroatoms. The predicted molar refractivity (Wildman–Crippen MR) is 201 cm³/mol. The van der Waals surface area contributed by atoms with Crippen molar-refractivity contribution in [3.63, 3.8) is 0 Å². The number of halogens is 4. The third kappa shape index (κ3) is 8.45. The van der Waals surface area contributed by atoms with Crippen LogP contribution < -0.4 is 16.4 Å². The van der Waals surface area contributed by atoms with Crippen molar-refractivity contribution < 1.29 is 41.9 Å². The molecule has 3 aliphatic heterocycles. The number of piperidine rings is 1. The van der Waals surface area contributed by atoms with E-state index < -0.39 is 23.7 Å². The van der Waals surface area contributed by atoms with Crippen LogP contribution in [-0.4, -0.2) is 133 Å². The quantitative estimate of drug-likeness (QED) is 0.173. The normalized spacial score (nSPS) is 20.3. The molecule has 3 saturated heterocycles. The van der Waals surface area contributed by atoms with E-state index in [0.717, 1.165) is 36.7 Å². The van der Waals surface area contributed by atoms with Crippen LogP contribution in [0.15, 0.2) is 48.8 Å². The maximum atomic E-state index is 14.1. The van der Waals surface area contributed by atoms with Crippen LogP contribution in [0.1, 0.15) is 39.5 Å². The van der Waals surface area contributed by atoms with Crippen molar-refractivity contribution in [2.24, 2.45) is 18.9 Å². The Morgan fingerprint density at radius 2 is 1.75 bits per heavy atom. The molecular formula is C37H42ClF3N11O5+. The first kappa shape index (κ1) is 39.7. The van der Waals surface area contributed by atoms with Crippen LogP contribution in [0.3, 0.4) is 0 Å². The Morgan fingerprint density at radius 1 is 1.05 bits per heavy atom. The Kier molecular flexibility index (Phi) is 11.0. The maximum Gasteiger partial charge on any atom is 0.435 e. The number of hydrogen-bond acceptors (Lipinski definition) is 9. The summed E-state index contributed by atoms with van der Waals surface area (Å²) in [6.45, 7) is 5.24. The number of aliphatic carboxylic acids is 1. The molecule has 16 nitrogen and oxygen atoms in total. The number of alkyl halides is 3. The van der Waals surface area contributed by atoms with Gasteiger partial charge in [-0.25, -0.2) is 19.4 Å². The van der Waals surface area contributed by atoms with Crippen molar-refractivity contribution in [3.05, 3.63) is 70.9 Å². The Hall–Kier alpha value is -5.53. The van der Waals surface area contributed by atoms with Crippen molar-refractivity contribution in [3.8, 4) is 17.1 Å². The minimum atomic E-state index is -4.84. The third-order valence-corrected chi connectivity index (χ3v) is 11.3. The summed E-state index contributed by atoms with van der Waals surface area (Å²) in [5.74, 6) is -1.64. The molecule has 57 heavy (non-hydrogen) atoms. The van der Waals surface area contributed by atoms with E-state index in [1.165, 1.54) is 48.0 Å². The van der Waals surface area contributed by atoms with Crippen molar-refractivity contribution in [1.82, 2.24) is 39.4 Å². The number of nitrogen functional groups attached to an aromatic ring is 1. The van der Waals surface area contributed by atoms with Crippen LogP contribution in [0, 0.1) is 11.8 Å². The van der Waals surface area contributed by atoms with Gasteiger partial charge in [-0.1, -0.05) is 17.7 Å². The van der Waals surface area contributed by atoms with Gasteiger partial charge < -0.3 is 40.3 Å². The van der Waals surface area contributed by atoms with E-state index >= 15 is 0 Å². The fourth-order valence-electron chi connectivity index (χ4n) is 7.92. The zero-order valence-electron chi connectivity index (χ0n) is 31.0. The molecule has 1 aromatic carbocycles. The second kappa shape index (κ2) is 15.8. The Bertz CT molecular complexity index is 2190. The lowest BCUT2D eigenvalue weighted by molar-refractivity contribution is -0.929. The lowest BCUT2D eigenvalue weighted by Gasteiger charge is -2.46. The predicted octanol–water partition coefficient (Wildman–Crippen LogP) is 2.99. The fourth-order valence-corrected chi connectivity index (χ4v) is 8.18. The van der Waals surface area contributed by atoms with Gasteiger partial charge in [0.2, 0.25) is 5.91 Å². The van der Waals surface area contributed by atoms with Gasteiger partial charge in [0.15, 0.2) is 23.9 Å². The summed E-state index contributed by atoms with van der Waals surface area (Å²) in [5, 5.41) is 19.2. The maximum absolute atomic E-state index is 14.1. The van der Waals surface area contributed by atoms with E-state index in [9.17, 15) is 37.5 Å². The first-order chi connectivity index (χ1) is 27.1. The molecule has 0 unspecified atom stereocenters. The highest BCUT2D eigenvalue weighted by atomic mass is 35.5. The number of imidazole rings is 1. The second-order valence-corrected chi connectivity index (χ2v) is 15.3. The Morgan fingerprint density at radius 3 is 2.37 bits per heavy atom. The number of carbonyl (C=O) groups excluding carboxylic acids is 3. The number of nitrogens with two attached hydrogens (primary N) is 1. The van der Waals surface area contributed by atoms with Gasteiger partial charge in [0.1, 0.15) is 5.82 Å². The number of carbonyl (C=O) groups is 4. The van der Waals surface area contributed by atoms with E-state index in [2.05, 4.69) is 25.7 Å². The first-order valence-corrected chi connectivity index (χ1v) is 18.9. The molecule has 3 aromatic heterocycles.